The molecule has 0 saturated heterocycles. The van der Waals surface area contributed by atoms with Gasteiger partial charge < -0.3 is 9.47 Å². The van der Waals surface area contributed by atoms with Crippen LogP contribution in [0.15, 0.2) is 53.1 Å². The van der Waals surface area contributed by atoms with Crippen LogP contribution in [-0.2, 0) is 4.79 Å². The molecule has 0 unspecified atom stereocenters. The highest BCUT2D eigenvalue weighted by atomic mass is 19.1. The van der Waals surface area contributed by atoms with Crippen molar-refractivity contribution in [1.82, 2.24) is 0 Å². The highest BCUT2D eigenvalue weighted by molar-refractivity contribution is 6.32. The van der Waals surface area contributed by atoms with Crippen molar-refractivity contribution in [3.63, 3.8) is 0 Å². The molecule has 0 N–H and O–H groups in total. The van der Waals surface area contributed by atoms with Crippen LogP contribution < -0.4 is 14.5 Å². The standard InChI is InChI=1S/C21H17FN2O3/c1-4-12-27-20-15(6-5-7-19(20)26-3)13-18-14(2)23-24(21(18)25)17-10-8-16(22)9-11-17/h1,5-11,13H,12H2,2-3H3/b18-13+. The first-order valence-electron chi connectivity index (χ1n) is 8.15. The summed E-state index contributed by atoms with van der Waals surface area (Å²) < 4.78 is 24.1. The predicted molar refractivity (Wildman–Crippen MR) is 102 cm³/mol. The molecule has 0 bridgehead atoms. The first kappa shape index (κ1) is 18.2. The Hall–Kier alpha value is -3.59. The zero-order valence-electron chi connectivity index (χ0n) is 14.9. The van der Waals surface area contributed by atoms with Crippen LogP contribution >= 0.6 is 0 Å². The molecule has 5 nitrogen and oxygen atoms in total. The van der Waals surface area contributed by atoms with Crippen molar-refractivity contribution in [3.8, 4) is 23.8 Å². The number of anilines is 1. The van der Waals surface area contributed by atoms with Gasteiger partial charge in [0.15, 0.2) is 11.5 Å². The Bertz CT molecular complexity index is 972. The number of hydrogen-bond acceptors (Lipinski definition) is 4. The SMILES string of the molecule is C#CCOc1c(/C=C2/C(=O)N(c3ccc(F)cc3)N=C2C)cccc1OC. The summed E-state index contributed by atoms with van der Waals surface area (Å²) >= 11 is 0. The van der Waals surface area contributed by atoms with E-state index >= 15 is 0 Å². The van der Waals surface area contributed by atoms with Crippen molar-refractivity contribution >= 4 is 23.4 Å². The average molecular weight is 364 g/mol. The molecule has 0 atom stereocenters. The Morgan fingerprint density at radius 2 is 2.00 bits per heavy atom. The number of carbonyl (C=O) groups excluding carboxylic acids is 1. The summed E-state index contributed by atoms with van der Waals surface area (Å²) in [5.41, 5.74) is 2.07. The van der Waals surface area contributed by atoms with Crippen molar-refractivity contribution < 1.29 is 18.7 Å². The molecule has 2 aromatic rings. The molecule has 1 aliphatic rings. The van der Waals surface area contributed by atoms with Gasteiger partial charge in [0.1, 0.15) is 12.4 Å². The second kappa shape index (κ2) is 7.75. The highest BCUT2D eigenvalue weighted by Gasteiger charge is 2.29. The summed E-state index contributed by atoms with van der Waals surface area (Å²) in [5.74, 6) is 2.67. The zero-order valence-corrected chi connectivity index (χ0v) is 14.9. The average Bonchev–Trinajstić information content (AvgIpc) is 2.95. The molecule has 3 rings (SSSR count). The van der Waals surface area contributed by atoms with E-state index in [1.807, 2.05) is 0 Å². The third-order valence-corrected chi connectivity index (χ3v) is 3.96. The maximum absolute atomic E-state index is 13.1. The summed E-state index contributed by atoms with van der Waals surface area (Å²) in [4.78, 5) is 12.8. The second-order valence-electron chi connectivity index (χ2n) is 5.71. The highest BCUT2D eigenvalue weighted by Crippen LogP contribution is 2.34. The number of amides is 1. The minimum absolute atomic E-state index is 0.0687. The quantitative estimate of drug-likeness (QED) is 0.601. The molecule has 6 heteroatoms. The van der Waals surface area contributed by atoms with Gasteiger partial charge in [0.05, 0.1) is 24.1 Å². The number of methoxy groups -OCH3 is 1. The van der Waals surface area contributed by atoms with Gasteiger partial charge in [-0.1, -0.05) is 18.1 Å². The van der Waals surface area contributed by atoms with Crippen LogP contribution in [-0.4, -0.2) is 25.3 Å². The molecule has 1 heterocycles. The van der Waals surface area contributed by atoms with Gasteiger partial charge in [-0.05, 0) is 43.3 Å². The van der Waals surface area contributed by atoms with E-state index in [0.29, 0.717) is 34.0 Å². The number of hydrogen-bond donors (Lipinski definition) is 0. The van der Waals surface area contributed by atoms with Gasteiger partial charge in [0.25, 0.3) is 5.91 Å². The molecule has 0 aromatic heterocycles. The number of rotatable bonds is 5. The van der Waals surface area contributed by atoms with E-state index in [2.05, 4.69) is 11.0 Å². The van der Waals surface area contributed by atoms with E-state index in [1.54, 1.807) is 31.2 Å². The number of benzene rings is 2. The van der Waals surface area contributed by atoms with Crippen LogP contribution in [0.5, 0.6) is 11.5 Å². The van der Waals surface area contributed by atoms with E-state index < -0.39 is 0 Å². The maximum Gasteiger partial charge on any atom is 0.280 e. The van der Waals surface area contributed by atoms with Crippen LogP contribution in [0.4, 0.5) is 10.1 Å². The lowest BCUT2D eigenvalue weighted by atomic mass is 10.1. The number of hydrazone groups is 1. The van der Waals surface area contributed by atoms with Gasteiger partial charge in [-0.25, -0.2) is 4.39 Å². The largest absolute Gasteiger partial charge is 0.493 e. The summed E-state index contributed by atoms with van der Waals surface area (Å²) in [6, 6.07) is 10.9. The van der Waals surface area contributed by atoms with Gasteiger partial charge in [0.2, 0.25) is 0 Å². The monoisotopic (exact) mass is 364 g/mol. The number of halogens is 1. The topological polar surface area (TPSA) is 51.1 Å². The third kappa shape index (κ3) is 3.67. The van der Waals surface area contributed by atoms with E-state index in [-0.39, 0.29) is 18.3 Å². The minimum atomic E-state index is -0.381. The van der Waals surface area contributed by atoms with E-state index in [4.69, 9.17) is 15.9 Å². The molecule has 27 heavy (non-hydrogen) atoms. The fourth-order valence-electron chi connectivity index (χ4n) is 2.67. The van der Waals surface area contributed by atoms with Crippen LogP contribution in [0, 0.1) is 18.2 Å². The van der Waals surface area contributed by atoms with E-state index in [0.717, 1.165) is 0 Å². The van der Waals surface area contributed by atoms with Gasteiger partial charge in [-0.2, -0.15) is 10.1 Å². The molecule has 2 aromatic carbocycles. The van der Waals surface area contributed by atoms with Crippen LogP contribution in [0.1, 0.15) is 12.5 Å². The van der Waals surface area contributed by atoms with Gasteiger partial charge in [-0.15, -0.1) is 6.42 Å². The lowest BCUT2D eigenvalue weighted by Crippen LogP contribution is -2.21. The Balaban J connectivity index is 1.98. The Kier molecular flexibility index (Phi) is 5.23. The first-order valence-corrected chi connectivity index (χ1v) is 8.15. The molecule has 0 aliphatic carbocycles. The van der Waals surface area contributed by atoms with Crippen molar-refractivity contribution in [3.05, 3.63) is 59.4 Å². The smallest absolute Gasteiger partial charge is 0.280 e. The summed E-state index contributed by atoms with van der Waals surface area (Å²) in [6.45, 7) is 1.80. The minimum Gasteiger partial charge on any atom is -0.493 e. The molecular weight excluding hydrogens is 347 g/mol. The summed E-state index contributed by atoms with van der Waals surface area (Å²) in [7, 11) is 1.53. The molecule has 0 spiro atoms. The van der Waals surface area contributed by atoms with Crippen LogP contribution in [0.3, 0.4) is 0 Å². The fourth-order valence-corrected chi connectivity index (χ4v) is 2.67. The van der Waals surface area contributed by atoms with Gasteiger partial charge >= 0.3 is 0 Å². The first-order chi connectivity index (χ1) is 13.0. The number of carbonyl (C=O) groups is 1. The summed E-state index contributed by atoms with van der Waals surface area (Å²) in [6.07, 6.45) is 6.96. The zero-order chi connectivity index (χ0) is 19.4. The third-order valence-electron chi connectivity index (χ3n) is 3.96. The van der Waals surface area contributed by atoms with Crippen molar-refractivity contribution in [2.24, 2.45) is 5.10 Å². The predicted octanol–water partition coefficient (Wildman–Crippen LogP) is 3.65. The molecular formula is C21H17FN2O3. The second-order valence-corrected chi connectivity index (χ2v) is 5.71. The lowest BCUT2D eigenvalue weighted by molar-refractivity contribution is -0.114. The number of para-hydroxylation sites is 1. The Labute approximate surface area is 156 Å². The Morgan fingerprint density at radius 1 is 1.26 bits per heavy atom. The van der Waals surface area contributed by atoms with Crippen molar-refractivity contribution in [1.29, 1.82) is 0 Å². The van der Waals surface area contributed by atoms with Crippen LogP contribution in [0.2, 0.25) is 0 Å². The summed E-state index contributed by atoms with van der Waals surface area (Å²) in [5, 5.41) is 5.53. The maximum atomic E-state index is 13.1. The lowest BCUT2D eigenvalue weighted by Gasteiger charge is -2.13. The van der Waals surface area contributed by atoms with Crippen molar-refractivity contribution in [2.45, 2.75) is 6.92 Å². The molecule has 1 aliphatic heterocycles. The molecule has 0 fully saturated rings. The molecule has 0 saturated carbocycles. The molecule has 136 valence electrons. The normalized spacial score (nSPS) is 14.9. The number of terminal acetylenes is 1. The van der Waals surface area contributed by atoms with Gasteiger partial charge in [-0.3, -0.25) is 4.79 Å². The van der Waals surface area contributed by atoms with Crippen molar-refractivity contribution in [2.75, 3.05) is 18.7 Å². The fraction of sp³-hybridized carbons (Fsp3) is 0.143. The van der Waals surface area contributed by atoms with Gasteiger partial charge in [0, 0.05) is 5.56 Å². The molecule has 0 radical (unpaired) electrons. The number of nitrogens with zero attached hydrogens (tertiary/aromatic N) is 2. The molecule has 1 amide bonds. The van der Waals surface area contributed by atoms with E-state index in [1.165, 1.54) is 36.4 Å². The number of ether oxygens (including phenoxy) is 2. The van der Waals surface area contributed by atoms with Crippen LogP contribution in [0.25, 0.3) is 6.08 Å². The van der Waals surface area contributed by atoms with E-state index in [9.17, 15) is 9.18 Å². The Morgan fingerprint density at radius 3 is 2.67 bits per heavy atom.